The van der Waals surface area contributed by atoms with Crippen molar-refractivity contribution < 1.29 is 9.84 Å². The Labute approximate surface area is 109 Å². The van der Waals surface area contributed by atoms with Gasteiger partial charge in [-0.1, -0.05) is 13.8 Å². The van der Waals surface area contributed by atoms with Gasteiger partial charge in [-0.05, 0) is 50.4 Å². The molecule has 3 fully saturated rings. The van der Waals surface area contributed by atoms with E-state index in [2.05, 4.69) is 19.9 Å². The molecule has 3 heteroatoms. The smallest absolute Gasteiger partial charge is 0.114 e. The third kappa shape index (κ3) is 1.55. The van der Waals surface area contributed by atoms with Gasteiger partial charge in [0.25, 0.3) is 0 Å². The van der Waals surface area contributed by atoms with Crippen LogP contribution in [-0.4, -0.2) is 22.9 Å². The minimum atomic E-state index is -0.835. The number of ether oxygens (including phenoxy) is 1. The van der Waals surface area contributed by atoms with Crippen LogP contribution >= 0.6 is 0 Å². The van der Waals surface area contributed by atoms with Crippen LogP contribution in [0.3, 0.4) is 0 Å². The first-order valence-electron chi connectivity index (χ1n) is 7.28. The van der Waals surface area contributed by atoms with Crippen LogP contribution in [0.25, 0.3) is 0 Å². The summed E-state index contributed by atoms with van der Waals surface area (Å²) in [7, 11) is 0. The molecule has 3 rings (SSSR count). The average Bonchev–Trinajstić information content (AvgIpc) is 2.86. The molecule has 18 heavy (non-hydrogen) atoms. The highest BCUT2D eigenvalue weighted by molar-refractivity contribution is 5.22. The number of nitriles is 1. The second-order valence-electron chi connectivity index (χ2n) is 7.00. The van der Waals surface area contributed by atoms with E-state index in [0.717, 1.165) is 32.1 Å². The van der Waals surface area contributed by atoms with Gasteiger partial charge in [-0.15, -0.1) is 0 Å². The van der Waals surface area contributed by atoms with Gasteiger partial charge in [-0.25, -0.2) is 0 Å². The predicted octanol–water partition coefficient (Wildman–Crippen LogP) is 2.63. The molecule has 2 bridgehead atoms. The Kier molecular flexibility index (Phi) is 2.73. The van der Waals surface area contributed by atoms with Gasteiger partial charge in [-0.3, -0.25) is 0 Å². The highest BCUT2D eigenvalue weighted by Crippen LogP contribution is 2.58. The third-order valence-corrected chi connectivity index (χ3v) is 5.41. The van der Waals surface area contributed by atoms with E-state index in [1.807, 2.05) is 0 Å². The topological polar surface area (TPSA) is 53.2 Å². The maximum absolute atomic E-state index is 11.2. The number of fused-ring (bicyclic) bond motifs is 2. The van der Waals surface area contributed by atoms with E-state index in [-0.39, 0.29) is 12.2 Å². The zero-order valence-corrected chi connectivity index (χ0v) is 11.4. The summed E-state index contributed by atoms with van der Waals surface area (Å²) in [5.74, 6) is 1.01. The molecule has 0 radical (unpaired) electrons. The van der Waals surface area contributed by atoms with Crippen molar-refractivity contribution in [2.24, 2.45) is 17.3 Å². The second kappa shape index (κ2) is 3.95. The summed E-state index contributed by atoms with van der Waals surface area (Å²) in [6, 6.07) is 2.49. The van der Waals surface area contributed by atoms with Crippen molar-refractivity contribution in [1.29, 1.82) is 5.26 Å². The molecule has 0 spiro atoms. The third-order valence-electron chi connectivity index (χ3n) is 5.41. The average molecular weight is 249 g/mol. The van der Waals surface area contributed by atoms with Gasteiger partial charge in [0.15, 0.2) is 0 Å². The molecular formula is C15H23NO2. The maximum atomic E-state index is 11.2. The fourth-order valence-corrected chi connectivity index (χ4v) is 4.87. The molecule has 2 heterocycles. The molecule has 100 valence electrons. The largest absolute Gasteiger partial charge is 0.388 e. The lowest BCUT2D eigenvalue weighted by Crippen LogP contribution is -2.56. The van der Waals surface area contributed by atoms with Crippen LogP contribution in [0.2, 0.25) is 0 Å². The Hall–Kier alpha value is -0.590. The first-order valence-corrected chi connectivity index (χ1v) is 7.28. The highest BCUT2D eigenvalue weighted by atomic mass is 16.5. The van der Waals surface area contributed by atoms with Crippen molar-refractivity contribution in [3.8, 4) is 6.07 Å². The Morgan fingerprint density at radius 1 is 1.17 bits per heavy atom. The summed E-state index contributed by atoms with van der Waals surface area (Å²) in [6.07, 6.45) is 5.62. The summed E-state index contributed by atoms with van der Waals surface area (Å²) in [5, 5.41) is 20.9. The number of nitrogens with zero attached hydrogens (tertiary/aromatic N) is 1. The van der Waals surface area contributed by atoms with Crippen molar-refractivity contribution in [3.05, 3.63) is 0 Å². The Bertz CT molecular complexity index is 378. The summed E-state index contributed by atoms with van der Waals surface area (Å²) in [4.78, 5) is 0. The van der Waals surface area contributed by atoms with Crippen molar-refractivity contribution in [3.63, 3.8) is 0 Å². The molecule has 0 aromatic carbocycles. The van der Waals surface area contributed by atoms with Crippen molar-refractivity contribution in [2.75, 3.05) is 0 Å². The van der Waals surface area contributed by atoms with Gasteiger partial charge in [0.05, 0.1) is 23.9 Å². The lowest BCUT2D eigenvalue weighted by atomic mass is 9.56. The first-order chi connectivity index (χ1) is 8.49. The maximum Gasteiger partial charge on any atom is 0.114 e. The zero-order valence-electron chi connectivity index (χ0n) is 11.4. The van der Waals surface area contributed by atoms with Gasteiger partial charge < -0.3 is 9.84 Å². The Morgan fingerprint density at radius 2 is 1.83 bits per heavy atom. The number of hydrogen-bond acceptors (Lipinski definition) is 3. The van der Waals surface area contributed by atoms with Crippen LogP contribution in [0.4, 0.5) is 0 Å². The molecule has 1 saturated carbocycles. The molecule has 5 atom stereocenters. The van der Waals surface area contributed by atoms with Crippen LogP contribution in [0.1, 0.15) is 52.4 Å². The van der Waals surface area contributed by atoms with Gasteiger partial charge in [-0.2, -0.15) is 5.26 Å². The lowest BCUT2D eigenvalue weighted by molar-refractivity contribution is -0.127. The highest BCUT2D eigenvalue weighted by Gasteiger charge is 2.64. The van der Waals surface area contributed by atoms with E-state index in [0.29, 0.717) is 11.8 Å². The predicted molar refractivity (Wildman–Crippen MR) is 67.7 cm³/mol. The molecule has 1 aliphatic carbocycles. The van der Waals surface area contributed by atoms with Crippen LogP contribution in [0.15, 0.2) is 0 Å². The summed E-state index contributed by atoms with van der Waals surface area (Å²) >= 11 is 0. The Balaban J connectivity index is 1.94. The van der Waals surface area contributed by atoms with E-state index < -0.39 is 11.0 Å². The molecule has 2 saturated heterocycles. The molecule has 2 aliphatic heterocycles. The number of hydrogen-bond donors (Lipinski definition) is 1. The molecule has 0 aromatic heterocycles. The molecular weight excluding hydrogens is 226 g/mol. The first kappa shape index (κ1) is 12.4. The molecule has 0 amide bonds. The van der Waals surface area contributed by atoms with Crippen LogP contribution in [0.5, 0.6) is 0 Å². The van der Waals surface area contributed by atoms with Crippen LogP contribution < -0.4 is 0 Å². The number of aliphatic hydroxyl groups is 1. The van der Waals surface area contributed by atoms with E-state index in [9.17, 15) is 10.4 Å². The van der Waals surface area contributed by atoms with E-state index in [1.54, 1.807) is 0 Å². The molecule has 0 aromatic rings. The quantitative estimate of drug-likeness (QED) is 0.777. The lowest BCUT2D eigenvalue weighted by Gasteiger charge is -2.49. The molecule has 3 nitrogen and oxygen atoms in total. The van der Waals surface area contributed by atoms with E-state index >= 15 is 0 Å². The fourth-order valence-electron chi connectivity index (χ4n) is 4.87. The van der Waals surface area contributed by atoms with E-state index in [1.165, 1.54) is 6.42 Å². The number of rotatable bonds is 1. The normalized spacial score (nSPS) is 55.4. The molecule has 5 unspecified atom stereocenters. The zero-order chi connectivity index (χ0) is 13.0. The molecule has 1 N–H and O–H groups in total. The SMILES string of the molecule is CC1CC(C)CC(O)(C2(C#N)CC3CCC2O3)C1. The van der Waals surface area contributed by atoms with Crippen LogP contribution in [-0.2, 0) is 4.74 Å². The van der Waals surface area contributed by atoms with Gasteiger partial charge in [0, 0.05) is 0 Å². The summed E-state index contributed by atoms with van der Waals surface area (Å²) < 4.78 is 5.89. The van der Waals surface area contributed by atoms with Gasteiger partial charge >= 0.3 is 0 Å². The fraction of sp³-hybridized carbons (Fsp3) is 0.933. The monoisotopic (exact) mass is 249 g/mol. The summed E-state index contributed by atoms with van der Waals surface area (Å²) in [5.41, 5.74) is -1.47. The minimum absolute atomic E-state index is 0.0324. The second-order valence-corrected chi connectivity index (χ2v) is 7.00. The van der Waals surface area contributed by atoms with Crippen LogP contribution in [0, 0.1) is 28.6 Å². The van der Waals surface area contributed by atoms with Crippen molar-refractivity contribution in [1.82, 2.24) is 0 Å². The van der Waals surface area contributed by atoms with Crippen molar-refractivity contribution in [2.45, 2.75) is 70.2 Å². The Morgan fingerprint density at radius 3 is 2.28 bits per heavy atom. The van der Waals surface area contributed by atoms with Crippen molar-refractivity contribution >= 4 is 0 Å². The van der Waals surface area contributed by atoms with Gasteiger partial charge in [0.1, 0.15) is 5.41 Å². The summed E-state index contributed by atoms with van der Waals surface area (Å²) in [6.45, 7) is 4.39. The standard InChI is InChI=1S/C15H23NO2/c1-10-5-11(2)7-15(17,6-10)14(9-16)8-12-3-4-13(14)18-12/h10-13,17H,3-8H2,1-2H3. The van der Waals surface area contributed by atoms with Gasteiger partial charge in [0.2, 0.25) is 0 Å². The minimum Gasteiger partial charge on any atom is -0.388 e. The molecule has 3 aliphatic rings. The van der Waals surface area contributed by atoms with E-state index in [4.69, 9.17) is 4.74 Å².